The van der Waals surface area contributed by atoms with Gasteiger partial charge in [-0.1, -0.05) is 42.5 Å². The third-order valence-electron chi connectivity index (χ3n) is 2.99. The lowest BCUT2D eigenvalue weighted by Crippen LogP contribution is -2.34. The molecule has 5 nitrogen and oxygen atoms in total. The molecule has 0 heterocycles. The fourth-order valence-electron chi connectivity index (χ4n) is 1.92. The lowest BCUT2D eigenvalue weighted by Gasteiger charge is -2.17. The Bertz CT molecular complexity index is 640. The second kappa shape index (κ2) is 6.56. The Labute approximate surface area is 122 Å². The van der Waals surface area contributed by atoms with Gasteiger partial charge in [-0.15, -0.1) is 0 Å². The highest BCUT2D eigenvalue weighted by Gasteiger charge is 2.24. The standard InChI is InChI=1S/C16H15NO4/c1-21-16(20)14(11-7-3-2-4-8-11)17-15(19)12-9-5-6-10-13(12)18/h2-10,14,18H,1H3,(H,17,19). The van der Waals surface area contributed by atoms with E-state index in [1.165, 1.54) is 19.2 Å². The lowest BCUT2D eigenvalue weighted by molar-refractivity contribution is -0.143. The number of aromatic hydroxyl groups is 1. The highest BCUT2D eigenvalue weighted by molar-refractivity contribution is 5.99. The zero-order valence-corrected chi connectivity index (χ0v) is 11.4. The average Bonchev–Trinajstić information content (AvgIpc) is 2.53. The number of methoxy groups -OCH3 is 1. The topological polar surface area (TPSA) is 75.6 Å². The maximum absolute atomic E-state index is 12.2. The van der Waals surface area contributed by atoms with Gasteiger partial charge in [0.2, 0.25) is 0 Å². The van der Waals surface area contributed by atoms with E-state index in [1.807, 2.05) is 6.07 Å². The first-order valence-corrected chi connectivity index (χ1v) is 6.35. The zero-order chi connectivity index (χ0) is 15.2. The molecule has 2 rings (SSSR count). The van der Waals surface area contributed by atoms with Crippen LogP contribution in [0.5, 0.6) is 5.75 Å². The molecule has 0 bridgehead atoms. The van der Waals surface area contributed by atoms with Crippen LogP contribution in [-0.2, 0) is 9.53 Å². The summed E-state index contributed by atoms with van der Waals surface area (Å²) in [6, 6.07) is 14.0. The number of phenolic OH excluding ortho intramolecular Hbond substituents is 1. The van der Waals surface area contributed by atoms with Crippen LogP contribution >= 0.6 is 0 Å². The first kappa shape index (κ1) is 14.6. The predicted octanol–water partition coefficient (Wildman–Crippen LogP) is 2.04. The van der Waals surface area contributed by atoms with Gasteiger partial charge in [0.25, 0.3) is 5.91 Å². The third kappa shape index (κ3) is 3.39. The summed E-state index contributed by atoms with van der Waals surface area (Å²) in [5, 5.41) is 12.3. The van der Waals surface area contributed by atoms with Crippen molar-refractivity contribution in [1.29, 1.82) is 0 Å². The number of rotatable bonds is 4. The molecule has 21 heavy (non-hydrogen) atoms. The number of carbonyl (C=O) groups excluding carboxylic acids is 2. The molecule has 2 N–H and O–H groups in total. The summed E-state index contributed by atoms with van der Waals surface area (Å²) in [6.45, 7) is 0. The van der Waals surface area contributed by atoms with Crippen LogP contribution in [0.2, 0.25) is 0 Å². The number of esters is 1. The number of hydrogen-bond acceptors (Lipinski definition) is 4. The minimum Gasteiger partial charge on any atom is -0.507 e. The van der Waals surface area contributed by atoms with Gasteiger partial charge in [-0.25, -0.2) is 4.79 Å². The van der Waals surface area contributed by atoms with Gasteiger partial charge in [0.1, 0.15) is 5.75 Å². The largest absolute Gasteiger partial charge is 0.507 e. The van der Waals surface area contributed by atoms with Gasteiger partial charge in [0.15, 0.2) is 6.04 Å². The maximum atomic E-state index is 12.2. The van der Waals surface area contributed by atoms with Crippen molar-refractivity contribution in [3.05, 3.63) is 65.7 Å². The third-order valence-corrected chi connectivity index (χ3v) is 2.99. The molecule has 1 unspecified atom stereocenters. The van der Waals surface area contributed by atoms with E-state index in [0.717, 1.165) is 0 Å². The molecule has 0 aliphatic carbocycles. The summed E-state index contributed by atoms with van der Waals surface area (Å²) in [6.07, 6.45) is 0. The van der Waals surface area contributed by atoms with Crippen molar-refractivity contribution < 1.29 is 19.4 Å². The van der Waals surface area contributed by atoms with E-state index < -0.39 is 17.9 Å². The van der Waals surface area contributed by atoms with Gasteiger partial charge in [-0.05, 0) is 17.7 Å². The number of ether oxygens (including phenoxy) is 1. The Hall–Kier alpha value is -2.82. The Balaban J connectivity index is 2.26. The number of carbonyl (C=O) groups is 2. The molecular weight excluding hydrogens is 270 g/mol. The Morgan fingerprint density at radius 2 is 1.67 bits per heavy atom. The predicted molar refractivity (Wildman–Crippen MR) is 76.8 cm³/mol. The second-order valence-electron chi connectivity index (χ2n) is 4.36. The molecule has 0 aromatic heterocycles. The SMILES string of the molecule is COC(=O)C(NC(=O)c1ccccc1O)c1ccccc1. The monoisotopic (exact) mass is 285 g/mol. The molecule has 0 radical (unpaired) electrons. The van der Waals surface area contributed by atoms with Crippen LogP contribution in [0.15, 0.2) is 54.6 Å². The highest BCUT2D eigenvalue weighted by atomic mass is 16.5. The molecule has 0 saturated carbocycles. The summed E-state index contributed by atoms with van der Waals surface area (Å²) in [5.74, 6) is -1.27. The summed E-state index contributed by atoms with van der Waals surface area (Å²) >= 11 is 0. The highest BCUT2D eigenvalue weighted by Crippen LogP contribution is 2.19. The van der Waals surface area contributed by atoms with Gasteiger partial charge in [-0.2, -0.15) is 0 Å². The molecule has 2 aromatic carbocycles. The smallest absolute Gasteiger partial charge is 0.333 e. The van der Waals surface area contributed by atoms with Crippen LogP contribution in [0.25, 0.3) is 0 Å². The summed E-state index contributed by atoms with van der Waals surface area (Å²) in [5.41, 5.74) is 0.704. The van der Waals surface area contributed by atoms with Gasteiger partial charge >= 0.3 is 5.97 Å². The second-order valence-corrected chi connectivity index (χ2v) is 4.36. The minimum absolute atomic E-state index is 0.0994. The summed E-state index contributed by atoms with van der Waals surface area (Å²) in [7, 11) is 1.25. The molecule has 0 fully saturated rings. The number of benzene rings is 2. The number of phenols is 1. The van der Waals surface area contributed by atoms with Crippen molar-refractivity contribution in [2.75, 3.05) is 7.11 Å². The minimum atomic E-state index is -0.927. The van der Waals surface area contributed by atoms with Crippen LogP contribution in [-0.4, -0.2) is 24.1 Å². The van der Waals surface area contributed by atoms with Gasteiger partial charge in [0.05, 0.1) is 12.7 Å². The van der Waals surface area contributed by atoms with E-state index in [9.17, 15) is 14.7 Å². The normalized spacial score (nSPS) is 11.5. The van der Waals surface area contributed by atoms with E-state index in [0.29, 0.717) is 5.56 Å². The number of hydrogen-bond donors (Lipinski definition) is 2. The molecule has 0 aliphatic rings. The lowest BCUT2D eigenvalue weighted by atomic mass is 10.1. The quantitative estimate of drug-likeness (QED) is 0.843. The molecule has 0 spiro atoms. The molecular formula is C16H15NO4. The fourth-order valence-corrected chi connectivity index (χ4v) is 1.92. The van der Waals surface area contributed by atoms with Crippen molar-refractivity contribution in [2.45, 2.75) is 6.04 Å². The first-order chi connectivity index (χ1) is 10.1. The number of para-hydroxylation sites is 1. The Kier molecular flexibility index (Phi) is 4.56. The molecule has 0 aliphatic heterocycles. The van der Waals surface area contributed by atoms with E-state index in [1.54, 1.807) is 36.4 Å². The molecule has 5 heteroatoms. The van der Waals surface area contributed by atoms with E-state index >= 15 is 0 Å². The van der Waals surface area contributed by atoms with E-state index in [2.05, 4.69) is 5.32 Å². The molecule has 1 amide bonds. The zero-order valence-electron chi connectivity index (χ0n) is 11.4. The number of nitrogens with one attached hydrogen (secondary N) is 1. The van der Waals surface area contributed by atoms with Crippen LogP contribution < -0.4 is 5.32 Å². The van der Waals surface area contributed by atoms with Crippen LogP contribution in [0.3, 0.4) is 0 Å². The number of amides is 1. The Morgan fingerprint density at radius 3 is 2.29 bits per heavy atom. The van der Waals surface area contributed by atoms with Crippen molar-refractivity contribution >= 4 is 11.9 Å². The summed E-state index contributed by atoms with van der Waals surface area (Å²) < 4.78 is 4.72. The maximum Gasteiger partial charge on any atom is 0.333 e. The average molecular weight is 285 g/mol. The van der Waals surface area contributed by atoms with E-state index in [-0.39, 0.29) is 11.3 Å². The molecule has 108 valence electrons. The van der Waals surface area contributed by atoms with Crippen molar-refractivity contribution in [3.8, 4) is 5.75 Å². The van der Waals surface area contributed by atoms with Crippen molar-refractivity contribution in [1.82, 2.24) is 5.32 Å². The van der Waals surface area contributed by atoms with Crippen molar-refractivity contribution in [3.63, 3.8) is 0 Å². The van der Waals surface area contributed by atoms with E-state index in [4.69, 9.17) is 4.74 Å². The molecule has 0 saturated heterocycles. The van der Waals surface area contributed by atoms with Gasteiger partial charge in [0, 0.05) is 0 Å². The Morgan fingerprint density at radius 1 is 1.05 bits per heavy atom. The first-order valence-electron chi connectivity index (χ1n) is 6.35. The molecule has 2 aromatic rings. The summed E-state index contributed by atoms with van der Waals surface area (Å²) in [4.78, 5) is 24.1. The van der Waals surface area contributed by atoms with Crippen LogP contribution in [0, 0.1) is 0 Å². The van der Waals surface area contributed by atoms with Gasteiger partial charge < -0.3 is 15.2 Å². The van der Waals surface area contributed by atoms with Gasteiger partial charge in [-0.3, -0.25) is 4.79 Å². The van der Waals surface area contributed by atoms with Crippen LogP contribution in [0.4, 0.5) is 0 Å². The molecule has 1 atom stereocenters. The van der Waals surface area contributed by atoms with Crippen LogP contribution in [0.1, 0.15) is 22.0 Å². The fraction of sp³-hybridized carbons (Fsp3) is 0.125. The van der Waals surface area contributed by atoms with Crippen molar-refractivity contribution in [2.24, 2.45) is 0 Å².